The number of ether oxygens (including phenoxy) is 1. The largest absolute Gasteiger partial charge is 0.496 e. The van der Waals surface area contributed by atoms with Crippen LogP contribution in [0.5, 0.6) is 5.75 Å². The van der Waals surface area contributed by atoms with Crippen LogP contribution in [0, 0.1) is 0 Å². The number of benzene rings is 1. The molecule has 1 atom stereocenters. The molecule has 22 heavy (non-hydrogen) atoms. The van der Waals surface area contributed by atoms with Crippen LogP contribution in [-0.4, -0.2) is 36.8 Å². The van der Waals surface area contributed by atoms with Crippen molar-refractivity contribution in [1.82, 2.24) is 10.6 Å². The van der Waals surface area contributed by atoms with Gasteiger partial charge in [0, 0.05) is 11.1 Å². The Morgan fingerprint density at radius 1 is 1.36 bits per heavy atom. The molecule has 5 heteroatoms. The molecule has 0 bridgehead atoms. The van der Waals surface area contributed by atoms with Crippen molar-refractivity contribution in [3.05, 3.63) is 29.8 Å². The molecule has 0 heterocycles. The van der Waals surface area contributed by atoms with Crippen molar-refractivity contribution in [1.29, 1.82) is 0 Å². The van der Waals surface area contributed by atoms with Gasteiger partial charge in [-0.05, 0) is 25.8 Å². The molecular formula is C17H26N2O3. The number of para-hydroxylation sites is 1. The SMILES string of the molecule is COc1ccccc1C(C)NC(=O)CNC1(CO)CCCC1. The van der Waals surface area contributed by atoms with E-state index in [1.54, 1.807) is 7.11 Å². The number of aliphatic hydroxyl groups is 1. The molecule has 0 aliphatic heterocycles. The highest BCUT2D eigenvalue weighted by atomic mass is 16.5. The topological polar surface area (TPSA) is 70.6 Å². The van der Waals surface area contributed by atoms with Crippen molar-refractivity contribution >= 4 is 5.91 Å². The quantitative estimate of drug-likeness (QED) is 0.718. The highest BCUT2D eigenvalue weighted by Gasteiger charge is 2.33. The first-order chi connectivity index (χ1) is 10.6. The summed E-state index contributed by atoms with van der Waals surface area (Å²) in [5.74, 6) is 0.698. The van der Waals surface area contributed by atoms with Gasteiger partial charge in [0.25, 0.3) is 0 Å². The van der Waals surface area contributed by atoms with Crippen LogP contribution < -0.4 is 15.4 Å². The van der Waals surface area contributed by atoms with E-state index in [4.69, 9.17) is 4.74 Å². The molecule has 1 unspecified atom stereocenters. The highest BCUT2D eigenvalue weighted by molar-refractivity contribution is 5.78. The Kier molecular flexibility index (Phi) is 5.80. The van der Waals surface area contributed by atoms with Crippen molar-refractivity contribution in [3.63, 3.8) is 0 Å². The van der Waals surface area contributed by atoms with Gasteiger partial charge in [-0.2, -0.15) is 0 Å². The molecule has 3 N–H and O–H groups in total. The van der Waals surface area contributed by atoms with Crippen LogP contribution in [0.15, 0.2) is 24.3 Å². The second-order valence-electron chi connectivity index (χ2n) is 6.03. The molecule has 1 aromatic carbocycles. The number of hydrogen-bond acceptors (Lipinski definition) is 4. The zero-order valence-corrected chi connectivity index (χ0v) is 13.4. The minimum absolute atomic E-state index is 0.0712. The molecule has 0 spiro atoms. The monoisotopic (exact) mass is 306 g/mol. The fourth-order valence-electron chi connectivity index (χ4n) is 3.10. The standard InChI is InChI=1S/C17H26N2O3/c1-13(14-7-3-4-8-15(14)22-2)19-16(21)11-18-17(12-20)9-5-6-10-17/h3-4,7-8,13,18,20H,5-6,9-12H2,1-2H3,(H,19,21). The first-order valence-electron chi connectivity index (χ1n) is 7.88. The van der Waals surface area contributed by atoms with Crippen LogP contribution in [0.2, 0.25) is 0 Å². The summed E-state index contributed by atoms with van der Waals surface area (Å²) >= 11 is 0. The summed E-state index contributed by atoms with van der Waals surface area (Å²) in [7, 11) is 1.63. The van der Waals surface area contributed by atoms with Crippen LogP contribution >= 0.6 is 0 Å². The van der Waals surface area contributed by atoms with Gasteiger partial charge in [-0.3, -0.25) is 4.79 Å². The molecule has 1 fully saturated rings. The third kappa shape index (κ3) is 3.99. The molecule has 5 nitrogen and oxygen atoms in total. The Bertz CT molecular complexity index is 498. The predicted molar refractivity (Wildman–Crippen MR) is 85.8 cm³/mol. The number of carbonyl (C=O) groups excluding carboxylic acids is 1. The van der Waals surface area contributed by atoms with E-state index in [0.717, 1.165) is 37.0 Å². The summed E-state index contributed by atoms with van der Waals surface area (Å²) in [4.78, 5) is 12.1. The average Bonchev–Trinajstić information content (AvgIpc) is 3.02. The van der Waals surface area contributed by atoms with Gasteiger partial charge in [-0.15, -0.1) is 0 Å². The summed E-state index contributed by atoms with van der Waals surface area (Å²) < 4.78 is 5.32. The van der Waals surface area contributed by atoms with Crippen molar-refractivity contribution in [2.24, 2.45) is 0 Å². The lowest BCUT2D eigenvalue weighted by Crippen LogP contribution is -2.50. The summed E-state index contributed by atoms with van der Waals surface area (Å²) in [6, 6.07) is 7.54. The van der Waals surface area contributed by atoms with Gasteiger partial charge in [0.05, 0.1) is 26.3 Å². The number of amides is 1. The van der Waals surface area contributed by atoms with E-state index < -0.39 is 0 Å². The first-order valence-corrected chi connectivity index (χ1v) is 7.88. The normalized spacial score (nSPS) is 18.0. The summed E-state index contributed by atoms with van der Waals surface area (Å²) in [6.07, 6.45) is 4.07. The summed E-state index contributed by atoms with van der Waals surface area (Å²) in [5.41, 5.74) is 0.682. The second-order valence-corrected chi connectivity index (χ2v) is 6.03. The molecule has 0 radical (unpaired) electrons. The number of aliphatic hydroxyl groups excluding tert-OH is 1. The smallest absolute Gasteiger partial charge is 0.234 e. The Morgan fingerprint density at radius 2 is 2.05 bits per heavy atom. The van der Waals surface area contributed by atoms with Gasteiger partial charge in [-0.25, -0.2) is 0 Å². The maximum Gasteiger partial charge on any atom is 0.234 e. The average molecular weight is 306 g/mol. The number of rotatable bonds is 7. The van der Waals surface area contributed by atoms with Gasteiger partial charge in [0.1, 0.15) is 5.75 Å². The van der Waals surface area contributed by atoms with E-state index in [2.05, 4.69) is 10.6 Å². The Labute approximate surface area is 132 Å². The van der Waals surface area contributed by atoms with Crippen molar-refractivity contribution in [2.75, 3.05) is 20.3 Å². The van der Waals surface area contributed by atoms with E-state index in [-0.39, 0.29) is 30.6 Å². The van der Waals surface area contributed by atoms with E-state index >= 15 is 0 Å². The van der Waals surface area contributed by atoms with Crippen molar-refractivity contribution in [3.8, 4) is 5.75 Å². The number of carbonyl (C=O) groups is 1. The molecule has 1 amide bonds. The first kappa shape index (κ1) is 16.8. The maximum atomic E-state index is 12.1. The van der Waals surface area contributed by atoms with E-state index in [1.807, 2.05) is 31.2 Å². The zero-order chi connectivity index (χ0) is 16.0. The maximum absolute atomic E-state index is 12.1. The lowest BCUT2D eigenvalue weighted by Gasteiger charge is -2.28. The minimum Gasteiger partial charge on any atom is -0.496 e. The lowest BCUT2D eigenvalue weighted by molar-refractivity contribution is -0.121. The lowest BCUT2D eigenvalue weighted by atomic mass is 9.99. The van der Waals surface area contributed by atoms with E-state index in [0.29, 0.717) is 0 Å². The summed E-state index contributed by atoms with van der Waals surface area (Å²) in [6.45, 7) is 2.25. The van der Waals surface area contributed by atoms with Crippen LogP contribution in [0.3, 0.4) is 0 Å². The molecule has 1 aromatic rings. The molecule has 1 aliphatic rings. The van der Waals surface area contributed by atoms with Gasteiger partial charge >= 0.3 is 0 Å². The van der Waals surface area contributed by atoms with Gasteiger partial charge in [0.15, 0.2) is 0 Å². The molecule has 122 valence electrons. The van der Waals surface area contributed by atoms with Gasteiger partial charge < -0.3 is 20.5 Å². The van der Waals surface area contributed by atoms with Crippen molar-refractivity contribution < 1.29 is 14.6 Å². The van der Waals surface area contributed by atoms with Crippen LogP contribution in [0.4, 0.5) is 0 Å². The van der Waals surface area contributed by atoms with Crippen LogP contribution in [-0.2, 0) is 4.79 Å². The van der Waals surface area contributed by atoms with Crippen molar-refractivity contribution in [2.45, 2.75) is 44.2 Å². The Hall–Kier alpha value is -1.59. The fraction of sp³-hybridized carbons (Fsp3) is 0.588. The number of hydrogen-bond donors (Lipinski definition) is 3. The van der Waals surface area contributed by atoms with E-state index in [1.165, 1.54) is 0 Å². The number of nitrogens with one attached hydrogen (secondary N) is 2. The molecule has 2 rings (SSSR count). The van der Waals surface area contributed by atoms with E-state index in [9.17, 15) is 9.90 Å². The zero-order valence-electron chi connectivity index (χ0n) is 13.4. The fourth-order valence-corrected chi connectivity index (χ4v) is 3.10. The third-order valence-electron chi connectivity index (χ3n) is 4.47. The molecule has 1 aliphatic carbocycles. The molecular weight excluding hydrogens is 280 g/mol. The number of methoxy groups -OCH3 is 1. The molecule has 0 aromatic heterocycles. The van der Waals surface area contributed by atoms with Crippen LogP contribution in [0.1, 0.15) is 44.2 Å². The van der Waals surface area contributed by atoms with Gasteiger partial charge in [0.2, 0.25) is 5.91 Å². The predicted octanol–water partition coefficient (Wildman–Crippen LogP) is 1.77. The highest BCUT2D eigenvalue weighted by Crippen LogP contribution is 2.29. The Balaban J connectivity index is 1.88. The molecule has 0 saturated heterocycles. The molecule has 1 saturated carbocycles. The van der Waals surface area contributed by atoms with Gasteiger partial charge in [-0.1, -0.05) is 31.0 Å². The summed E-state index contributed by atoms with van der Waals surface area (Å²) in [5, 5.41) is 15.8. The minimum atomic E-state index is -0.273. The third-order valence-corrected chi connectivity index (χ3v) is 4.47. The van der Waals surface area contributed by atoms with Crippen LogP contribution in [0.25, 0.3) is 0 Å². The Morgan fingerprint density at radius 3 is 2.68 bits per heavy atom. The second kappa shape index (κ2) is 7.61.